The molecular weight excluding hydrogens is 756 g/mol. The summed E-state index contributed by atoms with van der Waals surface area (Å²) >= 11 is 2.67. The summed E-state index contributed by atoms with van der Waals surface area (Å²) in [6, 6.07) is 25.7. The van der Waals surface area contributed by atoms with Gasteiger partial charge in [0, 0.05) is 63.8 Å². The molecule has 0 spiro atoms. The average molecular weight is 794 g/mol. The molecule has 0 atom stereocenters. The Morgan fingerprint density at radius 2 is 0.935 bits per heavy atom. The van der Waals surface area contributed by atoms with Crippen molar-refractivity contribution >= 4 is 73.9 Å². The number of hydrogen-bond acceptors (Lipinski definition) is 6. The summed E-state index contributed by atoms with van der Waals surface area (Å²) in [7, 11) is 26.4. The van der Waals surface area contributed by atoms with Gasteiger partial charge in [-0.2, -0.15) is 0 Å². The second-order valence-electron chi connectivity index (χ2n) is 10.7. The molecule has 46 heavy (non-hydrogen) atoms. The van der Waals surface area contributed by atoms with Crippen molar-refractivity contribution < 1.29 is 45.4 Å². The van der Waals surface area contributed by atoms with Crippen LogP contribution in [0.15, 0.2) is 72.8 Å². The molecule has 0 fully saturated rings. The van der Waals surface area contributed by atoms with Crippen molar-refractivity contribution in [2.24, 2.45) is 0 Å². The Bertz CT molecular complexity index is 1820. The fourth-order valence-electron chi connectivity index (χ4n) is 4.32. The maximum absolute atomic E-state index is 4.95. The van der Waals surface area contributed by atoms with Crippen LogP contribution in [0, 0.1) is 0 Å². The van der Waals surface area contributed by atoms with Gasteiger partial charge in [0.1, 0.15) is 28.2 Å². The van der Waals surface area contributed by atoms with Crippen molar-refractivity contribution in [3.63, 3.8) is 0 Å². The first kappa shape index (κ1) is 41.9. The molecule has 2 N–H and O–H groups in total. The molecule has 0 aromatic heterocycles. The zero-order valence-electron chi connectivity index (χ0n) is 27.1. The van der Waals surface area contributed by atoms with Gasteiger partial charge in [-0.3, -0.25) is 0 Å². The van der Waals surface area contributed by atoms with Crippen LogP contribution in [0.2, 0.25) is 0 Å². The van der Waals surface area contributed by atoms with E-state index < -0.39 is 15.1 Å². The second-order valence-corrected chi connectivity index (χ2v) is 17.5. The summed E-state index contributed by atoms with van der Waals surface area (Å²) in [5.41, 5.74) is 6.66. The summed E-state index contributed by atoms with van der Waals surface area (Å²) in [6.45, 7) is 0. The third-order valence-electron chi connectivity index (χ3n) is 6.76. The molecule has 2 aromatic carbocycles. The monoisotopic (exact) mass is 790 g/mol. The van der Waals surface area contributed by atoms with Crippen molar-refractivity contribution in [3.05, 3.63) is 83.5 Å². The molecule has 6 rings (SSSR count). The van der Waals surface area contributed by atoms with Crippen LogP contribution in [-0.2, 0) is 15.1 Å². The number of fused-ring (bicyclic) bond motifs is 4. The molecule has 0 saturated carbocycles. The van der Waals surface area contributed by atoms with Crippen LogP contribution in [0.1, 0.15) is 0 Å². The summed E-state index contributed by atoms with van der Waals surface area (Å²) < 4.78 is 6.68. The van der Waals surface area contributed by atoms with Gasteiger partial charge >= 0.3 is 34.5 Å². The number of hydrogen-bond donors (Lipinski definition) is 0. The van der Waals surface area contributed by atoms with Crippen molar-refractivity contribution in [1.29, 1.82) is 0 Å². The first-order valence-electron chi connectivity index (χ1n) is 13.7. The Labute approximate surface area is 307 Å². The molecule has 0 saturated heterocycles. The SMILES string of the molecule is CN(C)c1ccc2nc3ccc(=[N+](C)C)cc-3sc2c1.CN(C)c1ccc2nc3ccc(=[N+](C)C)cc-3sc2c1.O.[Cl-].[Cl-].[Cl][Zn][Cl]. The molecular formula is C32H38Cl4N6OS2Zn. The van der Waals surface area contributed by atoms with E-state index in [2.05, 4.69) is 148 Å². The Morgan fingerprint density at radius 1 is 0.587 bits per heavy atom. The van der Waals surface area contributed by atoms with Gasteiger partial charge in [-0.15, -0.1) is 22.7 Å². The van der Waals surface area contributed by atoms with E-state index in [-0.39, 0.29) is 30.3 Å². The molecule has 4 aliphatic rings. The van der Waals surface area contributed by atoms with Gasteiger partial charge in [0.15, 0.2) is 0 Å². The molecule has 2 aromatic rings. The van der Waals surface area contributed by atoms with Gasteiger partial charge in [-0.25, -0.2) is 19.1 Å². The van der Waals surface area contributed by atoms with Crippen LogP contribution >= 0.6 is 42.1 Å². The standard InChI is InChI=1S/2C16H18N3S.4ClH.H2O.Zn/c2*1-18(2)11-5-7-13-15(9-11)20-16-10-12(19(3)4)6-8-14(16)17-13;;;;;;/h2*5-10H,1-4H3;4*1H;1H2;/q2*+1;;;;;;+2/p-4. The van der Waals surface area contributed by atoms with Gasteiger partial charge in [0.05, 0.1) is 41.6 Å². The minimum absolute atomic E-state index is 0. The van der Waals surface area contributed by atoms with Crippen LogP contribution in [0.3, 0.4) is 0 Å². The fourth-order valence-corrected chi connectivity index (χ4v) is 6.38. The van der Waals surface area contributed by atoms with E-state index >= 15 is 0 Å². The number of anilines is 2. The van der Waals surface area contributed by atoms with Crippen LogP contribution < -0.4 is 54.5 Å². The van der Waals surface area contributed by atoms with Crippen LogP contribution in [0.5, 0.6) is 0 Å². The molecule has 2 aliphatic carbocycles. The second kappa shape index (κ2) is 19.0. The fraction of sp³-hybridized carbons (Fsp3) is 0.250. The van der Waals surface area contributed by atoms with E-state index in [4.69, 9.17) is 29.4 Å². The average Bonchev–Trinajstić information content (AvgIpc) is 2.98. The Hall–Kier alpha value is -2.14. The van der Waals surface area contributed by atoms with E-state index in [0.29, 0.717) is 0 Å². The molecule has 0 amide bonds. The minimum atomic E-state index is -0.931. The Balaban J connectivity index is 0.000000400. The Kier molecular flexibility index (Phi) is 17.3. The normalized spacial score (nSPS) is 9.78. The molecule has 0 radical (unpaired) electrons. The molecule has 2 aliphatic heterocycles. The van der Waals surface area contributed by atoms with E-state index in [1.807, 2.05) is 0 Å². The van der Waals surface area contributed by atoms with Crippen molar-refractivity contribution in [3.8, 4) is 21.1 Å². The van der Waals surface area contributed by atoms with Crippen LogP contribution in [0.4, 0.5) is 11.4 Å². The zero-order valence-corrected chi connectivity index (χ0v) is 34.8. The van der Waals surface area contributed by atoms with Crippen molar-refractivity contribution in [2.45, 2.75) is 0 Å². The molecule has 0 bridgehead atoms. The van der Waals surface area contributed by atoms with Gasteiger partial charge in [0.2, 0.25) is 10.7 Å². The molecule has 7 nitrogen and oxygen atoms in total. The first-order valence-corrected chi connectivity index (χ1v) is 23.1. The summed E-state index contributed by atoms with van der Waals surface area (Å²) in [6.07, 6.45) is 0. The predicted molar refractivity (Wildman–Crippen MR) is 191 cm³/mol. The number of benzene rings is 4. The summed E-state index contributed by atoms with van der Waals surface area (Å²) in [5, 5.41) is 2.41. The first-order chi connectivity index (χ1) is 20.5. The van der Waals surface area contributed by atoms with Gasteiger partial charge in [0.25, 0.3) is 0 Å². The van der Waals surface area contributed by atoms with Crippen molar-refractivity contribution in [2.75, 3.05) is 66.2 Å². The number of aromatic nitrogens is 2. The molecule has 14 heteroatoms. The third-order valence-corrected chi connectivity index (χ3v) is 8.95. The third kappa shape index (κ3) is 10.4. The van der Waals surface area contributed by atoms with Gasteiger partial charge in [-0.1, -0.05) is 0 Å². The Morgan fingerprint density at radius 3 is 1.24 bits per heavy atom. The van der Waals surface area contributed by atoms with E-state index in [0.717, 1.165) is 22.4 Å². The molecule has 0 unspecified atom stereocenters. The predicted octanol–water partition coefficient (Wildman–Crippen LogP) is -0.442. The topological polar surface area (TPSA) is 69.8 Å². The number of nitrogens with zero attached hydrogens (tertiary/aromatic N) is 6. The number of rotatable bonds is 2. The van der Waals surface area contributed by atoms with Crippen LogP contribution in [-0.4, -0.2) is 71.8 Å². The van der Waals surface area contributed by atoms with Crippen LogP contribution in [0.25, 0.3) is 41.6 Å². The maximum atomic E-state index is 4.95. The van der Waals surface area contributed by atoms with E-state index in [1.54, 1.807) is 22.7 Å². The number of halogens is 4. The summed E-state index contributed by atoms with van der Waals surface area (Å²) in [4.78, 5) is 16.2. The van der Waals surface area contributed by atoms with E-state index in [1.165, 1.54) is 41.2 Å². The summed E-state index contributed by atoms with van der Waals surface area (Å²) in [5.74, 6) is 0. The zero-order chi connectivity index (χ0) is 31.3. The molecule has 244 valence electrons. The van der Waals surface area contributed by atoms with Crippen molar-refractivity contribution in [1.82, 2.24) is 19.1 Å². The molecule has 2 heterocycles. The van der Waals surface area contributed by atoms with Gasteiger partial charge in [-0.05, 0) is 48.5 Å². The van der Waals surface area contributed by atoms with Gasteiger partial charge < -0.3 is 40.1 Å². The van der Waals surface area contributed by atoms with E-state index in [9.17, 15) is 0 Å². The quantitative estimate of drug-likeness (QED) is 0.136.